The lowest BCUT2D eigenvalue weighted by Gasteiger charge is -2.36. The second-order valence-electron chi connectivity index (χ2n) is 8.56. The average molecular weight is 452 g/mol. The van der Waals surface area contributed by atoms with Crippen molar-refractivity contribution in [1.82, 2.24) is 34.8 Å². The van der Waals surface area contributed by atoms with Gasteiger partial charge in [-0.05, 0) is 42.3 Å². The first kappa shape index (κ1) is 19.7. The Hall–Kier alpha value is -3.01. The molecule has 1 fully saturated rings. The molecule has 164 valence electrons. The van der Waals surface area contributed by atoms with Gasteiger partial charge in [-0.3, -0.25) is 4.90 Å². The van der Waals surface area contributed by atoms with Gasteiger partial charge in [-0.25, -0.2) is 0 Å². The molecule has 5 heterocycles. The van der Waals surface area contributed by atoms with Gasteiger partial charge < -0.3 is 19.0 Å². The summed E-state index contributed by atoms with van der Waals surface area (Å²) >= 11 is 6.48. The number of aryl methyl sites for hydroxylation is 1. The van der Waals surface area contributed by atoms with E-state index < -0.39 is 0 Å². The van der Waals surface area contributed by atoms with Crippen molar-refractivity contribution in [2.45, 2.75) is 38.2 Å². The van der Waals surface area contributed by atoms with Gasteiger partial charge in [0.05, 0.1) is 18.2 Å². The molecule has 1 saturated heterocycles. The maximum atomic E-state index is 9.58. The van der Waals surface area contributed by atoms with Crippen molar-refractivity contribution in [3.05, 3.63) is 70.4 Å². The SMILES string of the molecule is Cc1nnc2n1C1C=C(c3nnco3)N(Cc3cc(Cl)cc(CN4CC(O)C4)c3)C1C=C2. The molecule has 3 aliphatic heterocycles. The smallest absolute Gasteiger partial charge is 0.263 e. The van der Waals surface area contributed by atoms with Crippen LogP contribution in [0, 0.1) is 6.92 Å². The van der Waals surface area contributed by atoms with E-state index in [4.69, 9.17) is 16.0 Å². The number of benzene rings is 1. The Morgan fingerprint density at radius 3 is 2.66 bits per heavy atom. The Labute approximate surface area is 189 Å². The van der Waals surface area contributed by atoms with Crippen LogP contribution in [0.2, 0.25) is 5.02 Å². The summed E-state index contributed by atoms with van der Waals surface area (Å²) in [6, 6.07) is 6.26. The number of hydrogen-bond donors (Lipinski definition) is 1. The van der Waals surface area contributed by atoms with Gasteiger partial charge in [0.25, 0.3) is 5.89 Å². The van der Waals surface area contributed by atoms with Crippen molar-refractivity contribution >= 4 is 23.4 Å². The van der Waals surface area contributed by atoms with E-state index in [1.165, 1.54) is 6.39 Å². The maximum absolute atomic E-state index is 9.58. The first-order valence-electron chi connectivity index (χ1n) is 10.6. The summed E-state index contributed by atoms with van der Waals surface area (Å²) in [7, 11) is 0. The van der Waals surface area contributed by atoms with Crippen molar-refractivity contribution in [2.24, 2.45) is 0 Å². The summed E-state index contributed by atoms with van der Waals surface area (Å²) in [6.45, 7) is 4.77. The van der Waals surface area contributed by atoms with Gasteiger partial charge in [-0.15, -0.1) is 20.4 Å². The number of nitrogens with zero attached hydrogens (tertiary/aromatic N) is 7. The number of fused-ring (bicyclic) bond motifs is 3. The van der Waals surface area contributed by atoms with E-state index in [0.717, 1.165) is 35.0 Å². The molecule has 0 spiro atoms. The van der Waals surface area contributed by atoms with Crippen molar-refractivity contribution < 1.29 is 9.52 Å². The second kappa shape index (κ2) is 7.54. The molecule has 10 heteroatoms. The number of likely N-dealkylation sites (tertiary alicyclic amines) is 1. The maximum Gasteiger partial charge on any atom is 0.263 e. The fourth-order valence-corrected chi connectivity index (χ4v) is 5.17. The number of aromatic nitrogens is 5. The predicted molar refractivity (Wildman–Crippen MR) is 117 cm³/mol. The van der Waals surface area contributed by atoms with Gasteiger partial charge in [-0.2, -0.15) is 0 Å². The zero-order valence-corrected chi connectivity index (χ0v) is 18.2. The van der Waals surface area contributed by atoms with Crippen LogP contribution >= 0.6 is 11.6 Å². The normalized spacial score (nSPS) is 22.6. The van der Waals surface area contributed by atoms with Crippen molar-refractivity contribution in [2.75, 3.05) is 13.1 Å². The molecule has 2 unspecified atom stereocenters. The number of aliphatic hydroxyl groups is 1. The minimum Gasteiger partial charge on any atom is -0.422 e. The molecule has 2 aromatic heterocycles. The average Bonchev–Trinajstić information content (AvgIpc) is 3.46. The summed E-state index contributed by atoms with van der Waals surface area (Å²) < 4.78 is 7.71. The number of rotatable bonds is 5. The zero-order valence-electron chi connectivity index (χ0n) is 17.5. The summed E-state index contributed by atoms with van der Waals surface area (Å²) in [5, 5.41) is 26.8. The monoisotopic (exact) mass is 451 g/mol. The highest BCUT2D eigenvalue weighted by molar-refractivity contribution is 6.30. The molecule has 0 bridgehead atoms. The fourth-order valence-electron chi connectivity index (χ4n) is 4.89. The van der Waals surface area contributed by atoms with E-state index >= 15 is 0 Å². The largest absolute Gasteiger partial charge is 0.422 e. The van der Waals surface area contributed by atoms with E-state index in [1.807, 2.05) is 25.1 Å². The van der Waals surface area contributed by atoms with Crippen LogP contribution in [0.25, 0.3) is 11.8 Å². The van der Waals surface area contributed by atoms with E-state index in [1.54, 1.807) is 0 Å². The third kappa shape index (κ3) is 3.33. The number of halogens is 1. The van der Waals surface area contributed by atoms with Gasteiger partial charge in [0.1, 0.15) is 11.5 Å². The molecular formula is C22H22ClN7O2. The molecule has 1 N–H and O–H groups in total. The summed E-state index contributed by atoms with van der Waals surface area (Å²) in [6.07, 6.45) is 7.44. The van der Waals surface area contributed by atoms with Crippen molar-refractivity contribution in [1.29, 1.82) is 0 Å². The van der Waals surface area contributed by atoms with Crippen LogP contribution < -0.4 is 0 Å². The number of β-amino-alcohol motifs (C(OH)–C–C–N with tert-alkyl or cyclic N) is 1. The minimum absolute atomic E-state index is 0.0353. The van der Waals surface area contributed by atoms with Crippen LogP contribution in [0.15, 0.2) is 41.2 Å². The molecule has 6 rings (SSSR count). The van der Waals surface area contributed by atoms with Gasteiger partial charge in [0.2, 0.25) is 6.39 Å². The van der Waals surface area contributed by atoms with E-state index in [2.05, 4.69) is 53.0 Å². The van der Waals surface area contributed by atoms with Gasteiger partial charge in [0.15, 0.2) is 5.82 Å². The van der Waals surface area contributed by atoms with Gasteiger partial charge >= 0.3 is 0 Å². The predicted octanol–water partition coefficient (Wildman–Crippen LogP) is 2.29. The summed E-state index contributed by atoms with van der Waals surface area (Å²) in [4.78, 5) is 4.47. The Kier molecular flexibility index (Phi) is 4.63. The van der Waals surface area contributed by atoms with E-state index in [-0.39, 0.29) is 18.2 Å². The highest BCUT2D eigenvalue weighted by Crippen LogP contribution is 2.41. The molecule has 1 aromatic carbocycles. The van der Waals surface area contributed by atoms with Crippen LogP contribution in [-0.4, -0.2) is 65.1 Å². The highest BCUT2D eigenvalue weighted by Gasteiger charge is 2.40. The quantitative estimate of drug-likeness (QED) is 0.631. The molecule has 0 aliphatic carbocycles. The second-order valence-corrected chi connectivity index (χ2v) is 8.99. The molecular weight excluding hydrogens is 430 g/mol. The molecule has 2 atom stereocenters. The Bertz CT molecular complexity index is 1210. The number of aliphatic hydroxyl groups excluding tert-OH is 1. The third-order valence-electron chi connectivity index (χ3n) is 6.27. The molecule has 9 nitrogen and oxygen atoms in total. The lowest BCUT2D eigenvalue weighted by atomic mass is 10.0. The summed E-state index contributed by atoms with van der Waals surface area (Å²) in [5.41, 5.74) is 3.12. The van der Waals surface area contributed by atoms with E-state index in [9.17, 15) is 5.11 Å². The van der Waals surface area contributed by atoms with Crippen molar-refractivity contribution in [3.8, 4) is 0 Å². The molecule has 0 radical (unpaired) electrons. The lowest BCUT2D eigenvalue weighted by molar-refractivity contribution is -0.00287. The Balaban J connectivity index is 1.33. The Morgan fingerprint density at radius 1 is 1.09 bits per heavy atom. The lowest BCUT2D eigenvalue weighted by Crippen LogP contribution is -2.49. The minimum atomic E-state index is -0.221. The third-order valence-corrected chi connectivity index (χ3v) is 6.49. The van der Waals surface area contributed by atoms with Crippen molar-refractivity contribution in [3.63, 3.8) is 0 Å². The van der Waals surface area contributed by atoms with Crippen LogP contribution in [0.1, 0.15) is 34.7 Å². The standard InChI is InChI=1S/C22H22ClN7O2/c1-13-25-26-21-3-2-18-19(30(13)21)7-20(22-27-24-12-32-22)29(18)9-15-4-14(5-16(23)6-15)8-28-10-17(31)11-28/h2-7,12,17-19,31H,8-11H2,1H3. The first-order valence-corrected chi connectivity index (χ1v) is 11.0. The Morgan fingerprint density at radius 2 is 1.91 bits per heavy atom. The van der Waals surface area contributed by atoms with Crippen LogP contribution in [-0.2, 0) is 13.1 Å². The molecule has 3 aromatic rings. The van der Waals surface area contributed by atoms with Crippen LogP contribution in [0.4, 0.5) is 0 Å². The van der Waals surface area contributed by atoms with Crippen LogP contribution in [0.5, 0.6) is 0 Å². The zero-order chi connectivity index (χ0) is 21.8. The molecule has 32 heavy (non-hydrogen) atoms. The topological polar surface area (TPSA) is 96.3 Å². The molecule has 3 aliphatic rings. The van der Waals surface area contributed by atoms with Gasteiger partial charge in [0, 0.05) is 31.2 Å². The van der Waals surface area contributed by atoms with Gasteiger partial charge in [-0.1, -0.05) is 23.7 Å². The number of hydrogen-bond acceptors (Lipinski definition) is 8. The highest BCUT2D eigenvalue weighted by atomic mass is 35.5. The molecule has 0 saturated carbocycles. The summed E-state index contributed by atoms with van der Waals surface area (Å²) in [5.74, 6) is 2.19. The van der Waals surface area contributed by atoms with E-state index in [0.29, 0.717) is 30.5 Å². The molecule has 0 amide bonds. The fraction of sp³-hybridized carbons (Fsp3) is 0.364. The first-order chi connectivity index (χ1) is 15.5. The van der Waals surface area contributed by atoms with Crippen LogP contribution in [0.3, 0.4) is 0 Å².